The van der Waals surface area contributed by atoms with Crippen LogP contribution in [-0.2, 0) is 19.1 Å². The van der Waals surface area contributed by atoms with E-state index in [-0.39, 0.29) is 11.8 Å². The van der Waals surface area contributed by atoms with Gasteiger partial charge in [0.2, 0.25) is 5.28 Å². The summed E-state index contributed by atoms with van der Waals surface area (Å²) in [5, 5.41) is 0.754. The number of anilines is 1. The van der Waals surface area contributed by atoms with E-state index >= 15 is 0 Å². The summed E-state index contributed by atoms with van der Waals surface area (Å²) >= 11 is 5.98. The predicted octanol–water partition coefficient (Wildman–Crippen LogP) is 3.65. The van der Waals surface area contributed by atoms with Crippen molar-refractivity contribution in [3.8, 4) is 0 Å². The standard InChI is InChI=1S/C16H11ClF3N5/c17-15-23-13-11(2-1-4-21-13)14(24-15)25-5-3-12-9(8-25)6-10(7-22-12)16(18,19)20/h1-2,4,6-7H,3,5,8H2. The fourth-order valence-corrected chi connectivity index (χ4v) is 3.08. The van der Waals surface area contributed by atoms with Crippen LogP contribution in [0.5, 0.6) is 0 Å². The third kappa shape index (κ3) is 2.97. The molecule has 128 valence electrons. The zero-order valence-electron chi connectivity index (χ0n) is 12.8. The Morgan fingerprint density at radius 2 is 2.00 bits per heavy atom. The third-order valence-electron chi connectivity index (χ3n) is 4.09. The highest BCUT2D eigenvalue weighted by Gasteiger charge is 2.32. The highest BCUT2D eigenvalue weighted by molar-refractivity contribution is 6.28. The van der Waals surface area contributed by atoms with Gasteiger partial charge in [0.25, 0.3) is 0 Å². The Morgan fingerprint density at radius 3 is 2.80 bits per heavy atom. The van der Waals surface area contributed by atoms with Crippen LogP contribution in [0.2, 0.25) is 5.28 Å². The zero-order valence-corrected chi connectivity index (χ0v) is 13.5. The highest BCUT2D eigenvalue weighted by atomic mass is 35.5. The van der Waals surface area contributed by atoms with Gasteiger partial charge in [-0.3, -0.25) is 4.98 Å². The summed E-state index contributed by atoms with van der Waals surface area (Å²) in [7, 11) is 0. The third-order valence-corrected chi connectivity index (χ3v) is 4.26. The van der Waals surface area contributed by atoms with E-state index in [1.165, 1.54) is 0 Å². The van der Waals surface area contributed by atoms with Crippen molar-refractivity contribution >= 4 is 28.5 Å². The van der Waals surface area contributed by atoms with Crippen molar-refractivity contribution in [2.75, 3.05) is 11.4 Å². The van der Waals surface area contributed by atoms with Crippen LogP contribution in [0.25, 0.3) is 11.0 Å². The van der Waals surface area contributed by atoms with Crippen LogP contribution < -0.4 is 4.90 Å². The SMILES string of the molecule is FC(F)(F)c1cnc2c(c1)CN(c1nc(Cl)nc3ncccc13)CC2. The lowest BCUT2D eigenvalue weighted by atomic mass is 10.0. The van der Waals surface area contributed by atoms with Crippen molar-refractivity contribution in [2.45, 2.75) is 19.1 Å². The van der Waals surface area contributed by atoms with Crippen molar-refractivity contribution < 1.29 is 13.2 Å². The Morgan fingerprint density at radius 1 is 1.16 bits per heavy atom. The fourth-order valence-electron chi connectivity index (χ4n) is 2.92. The van der Waals surface area contributed by atoms with Crippen LogP contribution in [0.15, 0.2) is 30.6 Å². The summed E-state index contributed by atoms with van der Waals surface area (Å²) in [6, 6.07) is 4.72. The molecular weight excluding hydrogens is 355 g/mol. The van der Waals surface area contributed by atoms with E-state index in [1.807, 2.05) is 11.0 Å². The Labute approximate surface area is 145 Å². The Kier molecular flexibility index (Phi) is 3.72. The largest absolute Gasteiger partial charge is 0.417 e. The van der Waals surface area contributed by atoms with Gasteiger partial charge < -0.3 is 4.90 Å². The molecule has 5 nitrogen and oxygen atoms in total. The number of aromatic nitrogens is 4. The molecule has 1 aliphatic rings. The molecule has 1 aliphatic heterocycles. The van der Waals surface area contributed by atoms with Gasteiger partial charge in [0.05, 0.1) is 10.9 Å². The maximum atomic E-state index is 12.9. The lowest BCUT2D eigenvalue weighted by molar-refractivity contribution is -0.137. The molecular formula is C16H11ClF3N5. The van der Waals surface area contributed by atoms with E-state index in [4.69, 9.17) is 11.6 Å². The number of pyridine rings is 2. The Bertz CT molecular complexity index is 960. The van der Waals surface area contributed by atoms with Crippen LogP contribution in [0.1, 0.15) is 16.8 Å². The summed E-state index contributed by atoms with van der Waals surface area (Å²) in [4.78, 5) is 18.4. The normalized spacial score (nSPS) is 14.6. The number of hydrogen-bond donors (Lipinski definition) is 0. The van der Waals surface area contributed by atoms with Crippen LogP contribution >= 0.6 is 11.6 Å². The second-order valence-electron chi connectivity index (χ2n) is 5.69. The lowest BCUT2D eigenvalue weighted by Gasteiger charge is -2.30. The first-order valence-electron chi connectivity index (χ1n) is 7.50. The molecule has 0 unspecified atom stereocenters. The molecule has 9 heteroatoms. The van der Waals surface area contributed by atoms with Crippen molar-refractivity contribution in [3.05, 3.63) is 52.7 Å². The second-order valence-corrected chi connectivity index (χ2v) is 6.03. The number of alkyl halides is 3. The van der Waals surface area contributed by atoms with Gasteiger partial charge in [-0.05, 0) is 35.4 Å². The molecule has 0 aromatic carbocycles. The molecule has 4 heterocycles. The van der Waals surface area contributed by atoms with E-state index in [9.17, 15) is 13.2 Å². The van der Waals surface area contributed by atoms with Crippen molar-refractivity contribution in [1.29, 1.82) is 0 Å². The summed E-state index contributed by atoms with van der Waals surface area (Å²) < 4.78 is 38.8. The van der Waals surface area contributed by atoms with E-state index < -0.39 is 11.7 Å². The monoisotopic (exact) mass is 365 g/mol. The number of fused-ring (bicyclic) bond motifs is 2. The quantitative estimate of drug-likeness (QED) is 0.616. The molecule has 0 atom stereocenters. The van der Waals surface area contributed by atoms with E-state index in [2.05, 4.69) is 19.9 Å². The van der Waals surface area contributed by atoms with Gasteiger partial charge in [-0.2, -0.15) is 23.1 Å². The topological polar surface area (TPSA) is 54.8 Å². The molecule has 0 fully saturated rings. The minimum atomic E-state index is -4.42. The molecule has 0 saturated heterocycles. The molecule has 25 heavy (non-hydrogen) atoms. The summed E-state index contributed by atoms with van der Waals surface area (Å²) in [6.07, 6.45) is -1.41. The smallest absolute Gasteiger partial charge is 0.351 e. The van der Waals surface area contributed by atoms with Gasteiger partial charge >= 0.3 is 6.18 Å². The first-order valence-corrected chi connectivity index (χ1v) is 7.88. The minimum Gasteiger partial charge on any atom is -0.351 e. The summed E-state index contributed by atoms with van der Waals surface area (Å²) in [5.74, 6) is 0.561. The van der Waals surface area contributed by atoms with E-state index in [0.29, 0.717) is 41.1 Å². The minimum absolute atomic E-state index is 0.0502. The van der Waals surface area contributed by atoms with Crippen LogP contribution in [0.3, 0.4) is 0 Å². The van der Waals surface area contributed by atoms with E-state index in [1.54, 1.807) is 12.3 Å². The number of nitrogens with zero attached hydrogens (tertiary/aromatic N) is 5. The molecule has 3 aromatic rings. The van der Waals surface area contributed by atoms with Crippen LogP contribution in [0, 0.1) is 0 Å². The van der Waals surface area contributed by atoms with Crippen LogP contribution in [-0.4, -0.2) is 26.5 Å². The number of hydrogen-bond acceptors (Lipinski definition) is 5. The van der Waals surface area contributed by atoms with Gasteiger partial charge in [0.1, 0.15) is 5.82 Å². The molecule has 0 aliphatic carbocycles. The van der Waals surface area contributed by atoms with Crippen molar-refractivity contribution in [1.82, 2.24) is 19.9 Å². The zero-order chi connectivity index (χ0) is 17.6. The number of rotatable bonds is 1. The number of halogens is 4. The summed E-state index contributed by atoms with van der Waals surface area (Å²) in [5.41, 5.74) is 0.908. The molecule has 0 radical (unpaired) electrons. The van der Waals surface area contributed by atoms with Gasteiger partial charge in [-0.15, -0.1) is 0 Å². The maximum Gasteiger partial charge on any atom is 0.417 e. The average Bonchev–Trinajstić information content (AvgIpc) is 2.59. The Balaban J connectivity index is 1.76. The van der Waals surface area contributed by atoms with Crippen molar-refractivity contribution in [2.24, 2.45) is 0 Å². The average molecular weight is 366 g/mol. The van der Waals surface area contributed by atoms with Crippen LogP contribution in [0.4, 0.5) is 19.0 Å². The molecule has 0 saturated carbocycles. The van der Waals surface area contributed by atoms with Gasteiger partial charge in [-0.25, -0.2) is 4.98 Å². The maximum absolute atomic E-state index is 12.9. The first-order chi connectivity index (χ1) is 11.9. The highest BCUT2D eigenvalue weighted by Crippen LogP contribution is 2.33. The molecule has 0 spiro atoms. The second kappa shape index (κ2) is 5.80. The Hall–Kier alpha value is -2.48. The van der Waals surface area contributed by atoms with Gasteiger partial charge in [0, 0.05) is 37.6 Å². The first kappa shape index (κ1) is 16.0. The molecule has 4 rings (SSSR count). The predicted molar refractivity (Wildman–Crippen MR) is 86.3 cm³/mol. The lowest BCUT2D eigenvalue weighted by Crippen LogP contribution is -2.32. The fraction of sp³-hybridized carbons (Fsp3) is 0.250. The molecule has 0 amide bonds. The molecule has 3 aromatic heterocycles. The van der Waals surface area contributed by atoms with Crippen molar-refractivity contribution in [3.63, 3.8) is 0 Å². The molecule has 0 bridgehead atoms. The van der Waals surface area contributed by atoms with Gasteiger partial charge in [0.15, 0.2) is 5.65 Å². The van der Waals surface area contributed by atoms with E-state index in [0.717, 1.165) is 12.3 Å². The molecule has 0 N–H and O–H groups in total. The summed E-state index contributed by atoms with van der Waals surface area (Å²) in [6.45, 7) is 0.840. The van der Waals surface area contributed by atoms with Gasteiger partial charge in [-0.1, -0.05) is 0 Å².